The van der Waals surface area contributed by atoms with Gasteiger partial charge in [-0.2, -0.15) is 5.10 Å². The Morgan fingerprint density at radius 1 is 1.03 bits per heavy atom. The number of hydrogen-bond acceptors (Lipinski definition) is 3. The van der Waals surface area contributed by atoms with Crippen molar-refractivity contribution in [2.45, 2.75) is 59.3 Å². The number of nitrogens with one attached hydrogen (secondary N) is 1. The van der Waals surface area contributed by atoms with Crippen LogP contribution in [0.2, 0.25) is 5.02 Å². The minimum Gasteiger partial charge on any atom is -0.330 e. The van der Waals surface area contributed by atoms with Crippen molar-refractivity contribution in [3.8, 4) is 5.69 Å². The van der Waals surface area contributed by atoms with Crippen molar-refractivity contribution in [2.75, 3.05) is 18.4 Å². The molecule has 0 saturated carbocycles. The summed E-state index contributed by atoms with van der Waals surface area (Å²) < 4.78 is 1.70. The smallest absolute Gasteiger partial charge is 0.254 e. The highest BCUT2D eigenvalue weighted by Crippen LogP contribution is 2.27. The average Bonchev–Trinajstić information content (AvgIpc) is 3.26. The van der Waals surface area contributed by atoms with Crippen LogP contribution in [0.4, 0.5) is 5.82 Å². The number of aromatic nitrogens is 2. The molecule has 6 nitrogen and oxygen atoms in total. The lowest BCUT2D eigenvalue weighted by Crippen LogP contribution is -2.38. The molecule has 0 bridgehead atoms. The van der Waals surface area contributed by atoms with Gasteiger partial charge in [0.1, 0.15) is 12.4 Å². The zero-order valence-electron chi connectivity index (χ0n) is 21.3. The van der Waals surface area contributed by atoms with Crippen molar-refractivity contribution in [3.05, 3.63) is 76.4 Å². The summed E-state index contributed by atoms with van der Waals surface area (Å²) in [4.78, 5) is 27.6. The van der Waals surface area contributed by atoms with E-state index < -0.39 is 0 Å². The number of benzene rings is 2. The van der Waals surface area contributed by atoms with Gasteiger partial charge in [-0.05, 0) is 61.7 Å². The van der Waals surface area contributed by atoms with Crippen LogP contribution in [-0.2, 0) is 16.6 Å². The predicted molar refractivity (Wildman–Crippen MR) is 143 cm³/mol. The van der Waals surface area contributed by atoms with E-state index in [0.29, 0.717) is 22.9 Å². The molecule has 35 heavy (non-hydrogen) atoms. The van der Waals surface area contributed by atoms with Gasteiger partial charge < -0.3 is 10.2 Å². The third-order valence-electron chi connectivity index (χ3n) is 5.84. The van der Waals surface area contributed by atoms with E-state index in [1.165, 1.54) is 5.56 Å². The number of unbranched alkanes of at least 4 members (excludes halogenated alkanes) is 1. The minimum absolute atomic E-state index is 0.0520. The molecule has 2 aromatic carbocycles. The second kappa shape index (κ2) is 11.5. The van der Waals surface area contributed by atoms with Gasteiger partial charge in [-0.3, -0.25) is 9.59 Å². The first-order valence-corrected chi connectivity index (χ1v) is 12.5. The van der Waals surface area contributed by atoms with Gasteiger partial charge in [-0.25, -0.2) is 4.68 Å². The van der Waals surface area contributed by atoms with E-state index in [1.807, 2.05) is 49.4 Å². The van der Waals surface area contributed by atoms with Crippen LogP contribution in [0.5, 0.6) is 0 Å². The normalized spacial score (nSPS) is 11.4. The summed E-state index contributed by atoms with van der Waals surface area (Å²) in [5.74, 6) is 0.104. The highest BCUT2D eigenvalue weighted by atomic mass is 35.5. The van der Waals surface area contributed by atoms with E-state index in [9.17, 15) is 9.59 Å². The van der Waals surface area contributed by atoms with Gasteiger partial charge in [0, 0.05) is 28.6 Å². The summed E-state index contributed by atoms with van der Waals surface area (Å²) in [6.07, 6.45) is 3.26. The Balaban J connectivity index is 1.76. The standard InChI is InChI=1S/C28H35ClN4O2/c1-6-8-9-20-10-12-21(13-11-20)27(35)32(7-2)19-26(34)30-25-18-24(28(3,4)5)31-33(25)23-16-14-22(29)15-17-23/h10-18H,6-9,19H2,1-5H3,(H,30,34). The van der Waals surface area contributed by atoms with Crippen LogP contribution in [0, 0.1) is 0 Å². The largest absolute Gasteiger partial charge is 0.330 e. The molecule has 0 spiro atoms. The first kappa shape index (κ1) is 26.5. The lowest BCUT2D eigenvalue weighted by Gasteiger charge is -2.20. The third-order valence-corrected chi connectivity index (χ3v) is 6.09. The van der Waals surface area contributed by atoms with Crippen LogP contribution in [0.15, 0.2) is 54.6 Å². The fourth-order valence-corrected chi connectivity index (χ4v) is 3.80. The van der Waals surface area contributed by atoms with Gasteiger partial charge in [-0.1, -0.05) is 57.8 Å². The highest BCUT2D eigenvalue weighted by molar-refractivity contribution is 6.30. The lowest BCUT2D eigenvalue weighted by atomic mass is 9.92. The topological polar surface area (TPSA) is 67.2 Å². The molecule has 0 saturated heterocycles. The van der Waals surface area contributed by atoms with Crippen LogP contribution >= 0.6 is 11.6 Å². The molecule has 3 aromatic rings. The van der Waals surface area contributed by atoms with Crippen LogP contribution in [0.25, 0.3) is 5.69 Å². The molecule has 7 heteroatoms. The summed E-state index contributed by atoms with van der Waals surface area (Å²) in [6.45, 7) is 10.6. The molecule has 0 aliphatic carbocycles. The Kier molecular flexibility index (Phi) is 8.73. The molecule has 186 valence electrons. The zero-order chi connectivity index (χ0) is 25.6. The van der Waals surface area contributed by atoms with Crippen molar-refractivity contribution in [1.82, 2.24) is 14.7 Å². The molecule has 1 N–H and O–H groups in total. The summed E-state index contributed by atoms with van der Waals surface area (Å²) in [5.41, 5.74) is 3.22. The van der Waals surface area contributed by atoms with Crippen molar-refractivity contribution < 1.29 is 9.59 Å². The molecule has 0 aliphatic rings. The summed E-state index contributed by atoms with van der Waals surface area (Å²) in [7, 11) is 0. The molecule has 0 fully saturated rings. The first-order chi connectivity index (χ1) is 16.6. The van der Waals surface area contributed by atoms with Gasteiger partial charge in [0.2, 0.25) is 5.91 Å². The molecular formula is C28H35ClN4O2. The minimum atomic E-state index is -0.282. The molecule has 3 rings (SSSR count). The Hall–Kier alpha value is -3.12. The van der Waals surface area contributed by atoms with Crippen molar-refractivity contribution in [1.29, 1.82) is 0 Å². The number of rotatable bonds is 9. The van der Waals surface area contributed by atoms with Crippen LogP contribution in [0.1, 0.15) is 69.1 Å². The number of halogens is 1. The monoisotopic (exact) mass is 494 g/mol. The van der Waals surface area contributed by atoms with Crippen LogP contribution in [-0.4, -0.2) is 39.6 Å². The van der Waals surface area contributed by atoms with E-state index in [-0.39, 0.29) is 23.8 Å². The Morgan fingerprint density at radius 2 is 1.69 bits per heavy atom. The SMILES string of the molecule is CCCCc1ccc(C(=O)N(CC)CC(=O)Nc2cc(C(C)(C)C)nn2-c2ccc(Cl)cc2)cc1. The fourth-order valence-electron chi connectivity index (χ4n) is 3.68. The number of hydrogen-bond donors (Lipinski definition) is 1. The second-order valence-corrected chi connectivity index (χ2v) is 10.2. The van der Waals surface area contributed by atoms with E-state index >= 15 is 0 Å². The van der Waals surface area contributed by atoms with Crippen molar-refractivity contribution in [3.63, 3.8) is 0 Å². The van der Waals surface area contributed by atoms with Crippen LogP contribution < -0.4 is 5.32 Å². The molecule has 0 atom stereocenters. The number of nitrogens with zero attached hydrogens (tertiary/aromatic N) is 3. The third kappa shape index (κ3) is 6.95. The molecule has 0 unspecified atom stereocenters. The molecule has 0 radical (unpaired) electrons. The van der Waals surface area contributed by atoms with Gasteiger partial charge >= 0.3 is 0 Å². The molecule has 2 amide bonds. The average molecular weight is 495 g/mol. The first-order valence-electron chi connectivity index (χ1n) is 12.2. The number of anilines is 1. The second-order valence-electron chi connectivity index (χ2n) is 9.72. The number of likely N-dealkylation sites (N-methyl/N-ethyl adjacent to an activating group) is 1. The Bertz CT molecular complexity index is 1150. The summed E-state index contributed by atoms with van der Waals surface area (Å²) in [6, 6.07) is 16.8. The van der Waals surface area contributed by atoms with Crippen molar-refractivity contribution >= 4 is 29.2 Å². The maximum Gasteiger partial charge on any atom is 0.254 e. The number of amides is 2. The molecule has 1 aromatic heterocycles. The van der Waals surface area contributed by atoms with E-state index in [0.717, 1.165) is 30.6 Å². The lowest BCUT2D eigenvalue weighted by molar-refractivity contribution is -0.116. The number of carbonyl (C=O) groups excluding carboxylic acids is 2. The highest BCUT2D eigenvalue weighted by Gasteiger charge is 2.23. The summed E-state index contributed by atoms with van der Waals surface area (Å²) >= 11 is 6.05. The number of aryl methyl sites for hydroxylation is 1. The van der Waals surface area contributed by atoms with E-state index in [4.69, 9.17) is 16.7 Å². The van der Waals surface area contributed by atoms with Crippen LogP contribution in [0.3, 0.4) is 0 Å². The van der Waals surface area contributed by atoms with Crippen molar-refractivity contribution in [2.24, 2.45) is 0 Å². The molecule has 1 heterocycles. The maximum absolute atomic E-state index is 13.1. The maximum atomic E-state index is 13.1. The quantitative estimate of drug-likeness (QED) is 0.381. The fraction of sp³-hybridized carbons (Fsp3) is 0.393. The van der Waals surface area contributed by atoms with Gasteiger partial charge in [0.25, 0.3) is 5.91 Å². The van der Waals surface area contributed by atoms with E-state index in [1.54, 1.807) is 21.7 Å². The van der Waals surface area contributed by atoms with E-state index in [2.05, 4.69) is 33.0 Å². The number of carbonyl (C=O) groups is 2. The Labute approximate surface area is 213 Å². The van der Waals surface area contributed by atoms with Gasteiger partial charge in [0.15, 0.2) is 0 Å². The Morgan fingerprint density at radius 3 is 2.26 bits per heavy atom. The molecule has 0 aliphatic heterocycles. The zero-order valence-corrected chi connectivity index (χ0v) is 22.0. The summed E-state index contributed by atoms with van der Waals surface area (Å²) in [5, 5.41) is 8.30. The van der Waals surface area contributed by atoms with Gasteiger partial charge in [-0.15, -0.1) is 0 Å². The molecular weight excluding hydrogens is 460 g/mol. The van der Waals surface area contributed by atoms with Gasteiger partial charge in [0.05, 0.1) is 11.4 Å². The predicted octanol–water partition coefficient (Wildman–Crippen LogP) is 6.27.